The Balaban J connectivity index is 1.46. The maximum atomic E-state index is 12.6. The van der Waals surface area contributed by atoms with E-state index in [0.29, 0.717) is 12.3 Å². The van der Waals surface area contributed by atoms with E-state index in [1.165, 1.54) is 34.0 Å². The highest BCUT2D eigenvalue weighted by molar-refractivity contribution is 9.10. The van der Waals surface area contributed by atoms with Crippen LogP contribution in [0.25, 0.3) is 10.2 Å². The van der Waals surface area contributed by atoms with Crippen LogP contribution in [0.5, 0.6) is 0 Å². The first-order valence-electron chi connectivity index (χ1n) is 8.49. The topological polar surface area (TPSA) is 46.1 Å². The average Bonchev–Trinajstić information content (AvgIpc) is 3.22. The Morgan fingerprint density at radius 1 is 1.31 bits per heavy atom. The predicted octanol–water partition coefficient (Wildman–Crippen LogP) is 4.69. The second kappa shape index (κ2) is 7.66. The van der Waals surface area contributed by atoms with E-state index in [-0.39, 0.29) is 5.91 Å². The molecule has 1 amide bonds. The third-order valence-corrected chi connectivity index (χ3v) is 7.54. The van der Waals surface area contributed by atoms with E-state index in [0.717, 1.165) is 32.7 Å². The molecule has 0 saturated heterocycles. The molecule has 2 heterocycles. The Morgan fingerprint density at radius 2 is 2.15 bits per heavy atom. The van der Waals surface area contributed by atoms with Crippen molar-refractivity contribution >= 4 is 55.2 Å². The summed E-state index contributed by atoms with van der Waals surface area (Å²) >= 11 is 6.85. The average molecular weight is 448 g/mol. The van der Waals surface area contributed by atoms with Gasteiger partial charge in [-0.3, -0.25) is 4.79 Å². The molecule has 1 aliphatic carbocycles. The molecule has 0 radical (unpaired) electrons. The summed E-state index contributed by atoms with van der Waals surface area (Å²) in [5.41, 5.74) is 2.51. The molecule has 0 N–H and O–H groups in total. The lowest BCUT2D eigenvalue weighted by molar-refractivity contribution is -0.127. The van der Waals surface area contributed by atoms with Crippen LogP contribution in [-0.2, 0) is 24.2 Å². The molecule has 0 unspecified atom stereocenters. The zero-order chi connectivity index (χ0) is 18.1. The number of aromatic nitrogens is 2. The minimum absolute atomic E-state index is 0.101. The molecule has 26 heavy (non-hydrogen) atoms. The first-order valence-corrected chi connectivity index (χ1v) is 11.1. The Morgan fingerprint density at radius 3 is 3.00 bits per heavy atom. The molecular formula is C19H18BrN3OS2. The smallest absolute Gasteiger partial charge is 0.233 e. The van der Waals surface area contributed by atoms with Crippen molar-refractivity contribution in [1.82, 2.24) is 14.9 Å². The maximum absolute atomic E-state index is 12.6. The van der Waals surface area contributed by atoms with Gasteiger partial charge in [0.05, 0.1) is 5.75 Å². The van der Waals surface area contributed by atoms with Crippen molar-refractivity contribution in [2.45, 2.75) is 30.8 Å². The van der Waals surface area contributed by atoms with E-state index in [4.69, 9.17) is 0 Å². The van der Waals surface area contributed by atoms with Crippen LogP contribution in [0.3, 0.4) is 0 Å². The highest BCUT2D eigenvalue weighted by Crippen LogP contribution is 2.40. The van der Waals surface area contributed by atoms with E-state index in [2.05, 4.69) is 25.9 Å². The molecule has 0 fully saturated rings. The predicted molar refractivity (Wildman–Crippen MR) is 111 cm³/mol. The molecule has 2 aromatic heterocycles. The molecule has 0 atom stereocenters. The largest absolute Gasteiger partial charge is 0.341 e. The molecule has 1 aromatic carbocycles. The lowest BCUT2D eigenvalue weighted by Gasteiger charge is -2.18. The van der Waals surface area contributed by atoms with Crippen molar-refractivity contribution in [3.8, 4) is 0 Å². The number of fused-ring (bicyclic) bond motifs is 3. The van der Waals surface area contributed by atoms with Crippen LogP contribution < -0.4 is 0 Å². The van der Waals surface area contributed by atoms with E-state index in [9.17, 15) is 4.79 Å². The molecule has 7 heteroatoms. The molecule has 134 valence electrons. The van der Waals surface area contributed by atoms with Crippen molar-refractivity contribution in [1.29, 1.82) is 0 Å². The molecule has 1 aliphatic rings. The van der Waals surface area contributed by atoms with Crippen molar-refractivity contribution in [3.63, 3.8) is 0 Å². The fourth-order valence-electron chi connectivity index (χ4n) is 3.22. The third-order valence-electron chi connectivity index (χ3n) is 4.59. The third kappa shape index (κ3) is 3.52. The van der Waals surface area contributed by atoms with E-state index < -0.39 is 0 Å². The van der Waals surface area contributed by atoms with Crippen LogP contribution in [0.2, 0.25) is 0 Å². The van der Waals surface area contributed by atoms with Gasteiger partial charge in [0.15, 0.2) is 0 Å². The number of rotatable bonds is 5. The van der Waals surface area contributed by atoms with Crippen LogP contribution in [0.15, 0.2) is 40.1 Å². The molecule has 0 bridgehead atoms. The first kappa shape index (κ1) is 17.9. The molecule has 0 spiro atoms. The summed E-state index contributed by atoms with van der Waals surface area (Å²) in [4.78, 5) is 25.8. The number of amides is 1. The number of halogens is 1. The van der Waals surface area contributed by atoms with Gasteiger partial charge in [0.1, 0.15) is 16.2 Å². The van der Waals surface area contributed by atoms with Gasteiger partial charge in [-0.25, -0.2) is 9.97 Å². The molecule has 4 nitrogen and oxygen atoms in total. The molecule has 3 aromatic rings. The Labute approximate surface area is 169 Å². The number of thiophene rings is 1. The molecule has 4 rings (SSSR count). The van der Waals surface area contributed by atoms with Gasteiger partial charge in [-0.1, -0.05) is 45.9 Å². The zero-order valence-electron chi connectivity index (χ0n) is 14.4. The van der Waals surface area contributed by atoms with Crippen LogP contribution in [0.4, 0.5) is 0 Å². The van der Waals surface area contributed by atoms with E-state index in [1.807, 2.05) is 31.3 Å². The van der Waals surface area contributed by atoms with Crippen LogP contribution in [-0.4, -0.2) is 33.6 Å². The Hall–Kier alpha value is -1.44. The fraction of sp³-hybridized carbons (Fsp3) is 0.316. The summed E-state index contributed by atoms with van der Waals surface area (Å²) in [6, 6.07) is 7.99. The minimum atomic E-state index is 0.101. The summed E-state index contributed by atoms with van der Waals surface area (Å²) in [6.07, 6.45) is 5.08. The normalized spacial score (nSPS) is 13.2. The van der Waals surface area contributed by atoms with Crippen molar-refractivity contribution in [3.05, 3.63) is 51.1 Å². The highest BCUT2D eigenvalue weighted by atomic mass is 79.9. The molecular weight excluding hydrogens is 430 g/mol. The zero-order valence-corrected chi connectivity index (χ0v) is 17.6. The number of aryl methyl sites for hydroxylation is 2. The van der Waals surface area contributed by atoms with E-state index >= 15 is 0 Å². The SMILES string of the molecule is CN(Cc1ccccc1Br)C(=O)CSc1ncnc2sc3c(c12)CCC3. The second-order valence-corrected chi connectivity index (χ2v) is 9.25. The van der Waals surface area contributed by atoms with Crippen LogP contribution >= 0.6 is 39.0 Å². The number of carbonyl (C=O) groups is 1. The Bertz CT molecular complexity index is 973. The number of hydrogen-bond acceptors (Lipinski definition) is 5. The minimum Gasteiger partial charge on any atom is -0.341 e. The lowest BCUT2D eigenvalue weighted by atomic mass is 10.2. The fourth-order valence-corrected chi connectivity index (χ4v) is 5.89. The number of thioether (sulfide) groups is 1. The van der Waals surface area contributed by atoms with Gasteiger partial charge in [0.25, 0.3) is 0 Å². The van der Waals surface area contributed by atoms with Crippen LogP contribution in [0.1, 0.15) is 22.4 Å². The monoisotopic (exact) mass is 447 g/mol. The standard InChI is InChI=1S/C19H18BrN3OS2/c1-23(9-12-5-2-3-7-14(12)20)16(24)10-25-18-17-13-6-4-8-15(13)26-19(17)22-11-21-18/h2-3,5,7,11H,4,6,8-10H2,1H3. The Kier molecular flexibility index (Phi) is 5.29. The quantitative estimate of drug-likeness (QED) is 0.420. The summed E-state index contributed by atoms with van der Waals surface area (Å²) in [5, 5.41) is 2.12. The first-order chi connectivity index (χ1) is 12.6. The van der Waals surface area contributed by atoms with Crippen LogP contribution in [0, 0.1) is 0 Å². The van der Waals surface area contributed by atoms with Gasteiger partial charge >= 0.3 is 0 Å². The number of hydrogen-bond donors (Lipinski definition) is 0. The van der Waals surface area contributed by atoms with Gasteiger partial charge in [0.2, 0.25) is 5.91 Å². The van der Waals surface area contributed by atoms with Gasteiger partial charge < -0.3 is 4.90 Å². The van der Waals surface area contributed by atoms with Gasteiger partial charge in [-0.05, 0) is 36.5 Å². The molecule has 0 saturated carbocycles. The van der Waals surface area contributed by atoms with Gasteiger partial charge in [0, 0.05) is 28.3 Å². The van der Waals surface area contributed by atoms with Gasteiger partial charge in [-0.15, -0.1) is 11.3 Å². The van der Waals surface area contributed by atoms with E-state index in [1.54, 1.807) is 22.6 Å². The van der Waals surface area contributed by atoms with Crippen molar-refractivity contribution in [2.24, 2.45) is 0 Å². The lowest BCUT2D eigenvalue weighted by Crippen LogP contribution is -2.28. The number of carbonyl (C=O) groups excluding carboxylic acids is 1. The molecule has 0 aliphatic heterocycles. The summed E-state index contributed by atoms with van der Waals surface area (Å²) < 4.78 is 1.03. The van der Waals surface area contributed by atoms with Crippen molar-refractivity contribution in [2.75, 3.05) is 12.8 Å². The maximum Gasteiger partial charge on any atom is 0.233 e. The van der Waals surface area contributed by atoms with Crippen molar-refractivity contribution < 1.29 is 4.79 Å². The number of nitrogens with zero attached hydrogens (tertiary/aromatic N) is 3. The summed E-state index contributed by atoms with van der Waals surface area (Å²) in [7, 11) is 1.85. The summed E-state index contributed by atoms with van der Waals surface area (Å²) in [6.45, 7) is 0.591. The second-order valence-electron chi connectivity index (χ2n) is 6.35. The summed E-state index contributed by atoms with van der Waals surface area (Å²) in [5.74, 6) is 0.488. The number of benzene rings is 1. The van der Waals surface area contributed by atoms with Gasteiger partial charge in [-0.2, -0.15) is 0 Å². The highest BCUT2D eigenvalue weighted by Gasteiger charge is 2.22.